The van der Waals surface area contributed by atoms with E-state index >= 15 is 0 Å². The van der Waals surface area contributed by atoms with Gasteiger partial charge in [-0.05, 0) is 43.8 Å². The molecule has 0 N–H and O–H groups in total. The van der Waals surface area contributed by atoms with Gasteiger partial charge >= 0.3 is 0 Å². The van der Waals surface area contributed by atoms with Crippen molar-refractivity contribution < 1.29 is 13.7 Å². The Hall–Kier alpha value is -3.13. The van der Waals surface area contributed by atoms with Crippen LogP contribution in [0.25, 0.3) is 11.5 Å². The van der Waals surface area contributed by atoms with E-state index in [0.29, 0.717) is 23.9 Å². The smallest absolute Gasteiger partial charge is 0.269 e. The standard InChI is InChI=1S/C18H17FN4O3/c1-12(22(2)11-13-3-7-15(19)8-4-13)17-20-21-18(26-17)14-5-9-16(10-6-14)23(24)25/h3-10,12H,11H2,1-2H3/t12-/m1/s1. The van der Waals surface area contributed by atoms with E-state index in [1.807, 2.05) is 18.9 Å². The van der Waals surface area contributed by atoms with Crippen molar-refractivity contribution in [2.24, 2.45) is 0 Å². The van der Waals surface area contributed by atoms with Crippen LogP contribution in [0.2, 0.25) is 0 Å². The van der Waals surface area contributed by atoms with Gasteiger partial charge < -0.3 is 4.42 Å². The molecule has 7 nitrogen and oxygen atoms in total. The lowest BCUT2D eigenvalue weighted by atomic mass is 10.2. The summed E-state index contributed by atoms with van der Waals surface area (Å²) in [4.78, 5) is 12.3. The van der Waals surface area contributed by atoms with Crippen LogP contribution in [0, 0.1) is 15.9 Å². The second kappa shape index (κ2) is 7.40. The van der Waals surface area contributed by atoms with Gasteiger partial charge in [0.1, 0.15) is 5.82 Å². The predicted octanol–water partition coefficient (Wildman–Crippen LogP) is 3.98. The van der Waals surface area contributed by atoms with Crippen LogP contribution >= 0.6 is 0 Å². The van der Waals surface area contributed by atoms with Gasteiger partial charge in [0.2, 0.25) is 11.8 Å². The Labute approximate surface area is 149 Å². The Balaban J connectivity index is 1.71. The summed E-state index contributed by atoms with van der Waals surface area (Å²) in [5.74, 6) is 0.467. The second-order valence-electron chi connectivity index (χ2n) is 5.97. The lowest BCUT2D eigenvalue weighted by Crippen LogP contribution is -2.22. The van der Waals surface area contributed by atoms with Gasteiger partial charge in [0.25, 0.3) is 5.69 Å². The van der Waals surface area contributed by atoms with Gasteiger partial charge in [-0.1, -0.05) is 12.1 Å². The van der Waals surface area contributed by atoms with Crippen molar-refractivity contribution in [2.75, 3.05) is 7.05 Å². The maximum atomic E-state index is 13.0. The number of halogens is 1. The van der Waals surface area contributed by atoms with Crippen LogP contribution in [0.4, 0.5) is 10.1 Å². The highest BCUT2D eigenvalue weighted by Crippen LogP contribution is 2.25. The molecule has 134 valence electrons. The number of nitro groups is 1. The van der Waals surface area contributed by atoms with Gasteiger partial charge in [-0.15, -0.1) is 10.2 Å². The third-order valence-corrected chi connectivity index (χ3v) is 4.13. The number of hydrogen-bond acceptors (Lipinski definition) is 6. The predicted molar refractivity (Wildman–Crippen MR) is 92.7 cm³/mol. The first kappa shape index (κ1) is 17.7. The molecule has 0 aliphatic carbocycles. The molecule has 0 radical (unpaired) electrons. The molecule has 0 unspecified atom stereocenters. The molecule has 0 saturated carbocycles. The topological polar surface area (TPSA) is 85.3 Å². The van der Waals surface area contributed by atoms with E-state index in [2.05, 4.69) is 10.2 Å². The molecule has 26 heavy (non-hydrogen) atoms. The van der Waals surface area contributed by atoms with Crippen molar-refractivity contribution in [1.29, 1.82) is 0 Å². The molecule has 8 heteroatoms. The minimum atomic E-state index is -0.463. The highest BCUT2D eigenvalue weighted by molar-refractivity contribution is 5.55. The molecular formula is C18H17FN4O3. The second-order valence-corrected chi connectivity index (χ2v) is 5.97. The van der Waals surface area contributed by atoms with E-state index in [1.165, 1.54) is 24.3 Å². The third kappa shape index (κ3) is 3.92. The fourth-order valence-electron chi connectivity index (χ4n) is 2.45. The first-order valence-corrected chi connectivity index (χ1v) is 7.97. The lowest BCUT2D eigenvalue weighted by molar-refractivity contribution is -0.384. The van der Waals surface area contributed by atoms with E-state index in [0.717, 1.165) is 5.56 Å². The fourth-order valence-corrected chi connectivity index (χ4v) is 2.45. The molecule has 1 aromatic heterocycles. The Morgan fingerprint density at radius 3 is 2.42 bits per heavy atom. The van der Waals surface area contributed by atoms with Crippen molar-refractivity contribution in [2.45, 2.75) is 19.5 Å². The summed E-state index contributed by atoms with van der Waals surface area (Å²) in [6, 6.07) is 12.1. The highest BCUT2D eigenvalue weighted by atomic mass is 19.1. The van der Waals surface area contributed by atoms with Crippen LogP contribution in [0.5, 0.6) is 0 Å². The van der Waals surface area contributed by atoms with Crippen LogP contribution < -0.4 is 0 Å². The van der Waals surface area contributed by atoms with Crippen molar-refractivity contribution in [3.05, 3.63) is 75.9 Å². The molecule has 3 aromatic rings. The molecule has 1 heterocycles. The zero-order valence-electron chi connectivity index (χ0n) is 14.3. The number of hydrogen-bond donors (Lipinski definition) is 0. The maximum Gasteiger partial charge on any atom is 0.269 e. The molecular weight excluding hydrogens is 339 g/mol. The molecule has 0 spiro atoms. The Kier molecular flexibility index (Phi) is 5.04. The van der Waals surface area contributed by atoms with Crippen molar-refractivity contribution in [3.8, 4) is 11.5 Å². The number of non-ortho nitro benzene ring substituents is 1. The first-order valence-electron chi connectivity index (χ1n) is 7.97. The molecule has 2 aromatic carbocycles. The molecule has 3 rings (SSSR count). The Morgan fingerprint density at radius 2 is 1.81 bits per heavy atom. The number of nitrogens with zero attached hydrogens (tertiary/aromatic N) is 4. The quantitative estimate of drug-likeness (QED) is 0.491. The van der Waals surface area contributed by atoms with Crippen molar-refractivity contribution in [1.82, 2.24) is 15.1 Å². The van der Waals surface area contributed by atoms with Crippen LogP contribution in [-0.4, -0.2) is 27.1 Å². The van der Waals surface area contributed by atoms with E-state index in [1.54, 1.807) is 24.3 Å². The molecule has 0 saturated heterocycles. The SMILES string of the molecule is C[C@H](c1nnc(-c2ccc([N+](=O)[O-])cc2)o1)N(C)Cc1ccc(F)cc1. The molecule has 0 fully saturated rings. The Morgan fingerprint density at radius 1 is 1.15 bits per heavy atom. The molecule has 0 bridgehead atoms. The summed E-state index contributed by atoms with van der Waals surface area (Å²) < 4.78 is 18.7. The van der Waals surface area contributed by atoms with Gasteiger partial charge in [0.15, 0.2) is 0 Å². The maximum absolute atomic E-state index is 13.0. The minimum Gasteiger partial charge on any atom is -0.419 e. The van der Waals surface area contributed by atoms with Crippen LogP contribution in [0.15, 0.2) is 52.9 Å². The number of aromatic nitrogens is 2. The number of rotatable bonds is 6. The van der Waals surface area contributed by atoms with Gasteiger partial charge in [-0.25, -0.2) is 4.39 Å². The zero-order chi connectivity index (χ0) is 18.7. The fraction of sp³-hybridized carbons (Fsp3) is 0.222. The summed E-state index contributed by atoms with van der Waals surface area (Å²) in [6.07, 6.45) is 0. The largest absolute Gasteiger partial charge is 0.419 e. The first-order chi connectivity index (χ1) is 12.4. The minimum absolute atomic E-state index is 0.000822. The Bertz CT molecular complexity index is 894. The van der Waals surface area contributed by atoms with Crippen LogP contribution in [0.1, 0.15) is 24.4 Å². The van der Waals surface area contributed by atoms with Crippen LogP contribution in [0.3, 0.4) is 0 Å². The normalized spacial score (nSPS) is 12.3. The van der Waals surface area contributed by atoms with Crippen LogP contribution in [-0.2, 0) is 6.54 Å². The van der Waals surface area contributed by atoms with Crippen molar-refractivity contribution >= 4 is 5.69 Å². The van der Waals surface area contributed by atoms with Gasteiger partial charge in [0, 0.05) is 24.2 Å². The highest BCUT2D eigenvalue weighted by Gasteiger charge is 2.19. The molecule has 0 aliphatic heterocycles. The van der Waals surface area contributed by atoms with Gasteiger partial charge in [0.05, 0.1) is 11.0 Å². The van der Waals surface area contributed by atoms with Gasteiger partial charge in [-0.3, -0.25) is 15.0 Å². The number of nitro benzene ring substituents is 1. The summed E-state index contributed by atoms with van der Waals surface area (Å²) >= 11 is 0. The van der Waals surface area contributed by atoms with E-state index in [4.69, 9.17) is 4.42 Å². The summed E-state index contributed by atoms with van der Waals surface area (Å²) in [5, 5.41) is 18.8. The summed E-state index contributed by atoms with van der Waals surface area (Å²) in [6.45, 7) is 2.52. The summed E-state index contributed by atoms with van der Waals surface area (Å²) in [7, 11) is 1.91. The van der Waals surface area contributed by atoms with E-state index in [-0.39, 0.29) is 17.5 Å². The average molecular weight is 356 g/mol. The molecule has 1 atom stereocenters. The van der Waals surface area contributed by atoms with Crippen molar-refractivity contribution in [3.63, 3.8) is 0 Å². The third-order valence-electron chi connectivity index (χ3n) is 4.13. The molecule has 0 aliphatic rings. The van der Waals surface area contributed by atoms with Gasteiger partial charge in [-0.2, -0.15) is 0 Å². The lowest BCUT2D eigenvalue weighted by Gasteiger charge is -2.21. The molecule has 0 amide bonds. The monoisotopic (exact) mass is 356 g/mol. The van der Waals surface area contributed by atoms with E-state index in [9.17, 15) is 14.5 Å². The zero-order valence-corrected chi connectivity index (χ0v) is 14.3. The number of benzene rings is 2. The summed E-state index contributed by atoms with van der Waals surface area (Å²) in [5.41, 5.74) is 1.58. The van der Waals surface area contributed by atoms with E-state index < -0.39 is 4.92 Å². The average Bonchev–Trinajstić information content (AvgIpc) is 3.13.